The van der Waals surface area contributed by atoms with Crippen LogP contribution in [0.5, 0.6) is 0 Å². The zero-order valence-corrected chi connectivity index (χ0v) is 16.0. The van der Waals surface area contributed by atoms with Gasteiger partial charge in [-0.15, -0.1) is 0 Å². The molecule has 1 amide bonds. The smallest absolute Gasteiger partial charge is 0.303 e. The number of hydrogen-bond donors (Lipinski definition) is 3. The van der Waals surface area contributed by atoms with Gasteiger partial charge >= 0.3 is 5.97 Å². The van der Waals surface area contributed by atoms with Gasteiger partial charge in [0, 0.05) is 39.8 Å². The number of rotatable bonds is 4. The molecule has 0 fully saturated rings. The maximum absolute atomic E-state index is 12.5. The summed E-state index contributed by atoms with van der Waals surface area (Å²) in [6.07, 6.45) is 3.92. The monoisotopic (exact) mass is 428 g/mol. The molecule has 1 aliphatic heterocycles. The van der Waals surface area contributed by atoms with Crippen molar-refractivity contribution < 1.29 is 19.5 Å². The average molecular weight is 429 g/mol. The van der Waals surface area contributed by atoms with E-state index >= 15 is 0 Å². The predicted octanol–water partition coefficient (Wildman–Crippen LogP) is 3.81. The lowest BCUT2D eigenvalue weighted by Gasteiger charge is -2.11. The molecule has 1 aromatic heterocycles. The normalized spacial score (nSPS) is 17.0. The molecule has 0 radical (unpaired) electrons. The van der Waals surface area contributed by atoms with E-state index in [0.717, 1.165) is 34.3 Å². The Morgan fingerprint density at radius 3 is 2.85 bits per heavy atom. The number of nitrogens with one attached hydrogen (secondary N) is 2. The Bertz CT molecular complexity index is 1020. The van der Waals surface area contributed by atoms with E-state index in [1.807, 2.05) is 18.2 Å². The highest BCUT2D eigenvalue weighted by molar-refractivity contribution is 9.10. The van der Waals surface area contributed by atoms with Gasteiger partial charge in [0.15, 0.2) is 5.78 Å². The summed E-state index contributed by atoms with van der Waals surface area (Å²) in [5, 5.41) is 11.9. The Kier molecular flexibility index (Phi) is 4.47. The van der Waals surface area contributed by atoms with E-state index in [-0.39, 0.29) is 24.5 Å². The van der Waals surface area contributed by atoms with Gasteiger partial charge in [-0.3, -0.25) is 14.4 Å². The summed E-state index contributed by atoms with van der Waals surface area (Å²) in [4.78, 5) is 39.2. The number of Topliss-reactive ketones (excluding diaryl/α,β-unsaturated/α-hetero) is 1. The fraction of sp³-hybridized carbons (Fsp3) is 0.250. The van der Waals surface area contributed by atoms with Gasteiger partial charge in [-0.2, -0.15) is 0 Å². The van der Waals surface area contributed by atoms with Crippen molar-refractivity contribution in [1.82, 2.24) is 4.98 Å². The molecular formula is C20H17BrN2O4. The van der Waals surface area contributed by atoms with Gasteiger partial charge in [-0.1, -0.05) is 22.0 Å². The number of carboxylic acid groups (broad SMARTS) is 1. The van der Waals surface area contributed by atoms with Crippen LogP contribution in [0.15, 0.2) is 22.7 Å². The summed E-state index contributed by atoms with van der Waals surface area (Å²) in [6, 6.07) is 5.55. The van der Waals surface area contributed by atoms with Crippen LogP contribution in [-0.4, -0.2) is 27.8 Å². The maximum Gasteiger partial charge on any atom is 0.303 e. The number of carbonyl (C=O) groups is 3. The predicted molar refractivity (Wildman–Crippen MR) is 105 cm³/mol. The number of halogens is 1. The van der Waals surface area contributed by atoms with E-state index in [2.05, 4.69) is 26.2 Å². The minimum atomic E-state index is -0.916. The highest BCUT2D eigenvalue weighted by Crippen LogP contribution is 2.36. The van der Waals surface area contributed by atoms with Crippen LogP contribution in [-0.2, 0) is 22.4 Å². The molecule has 7 heteroatoms. The molecule has 138 valence electrons. The molecule has 0 bridgehead atoms. The van der Waals surface area contributed by atoms with Crippen molar-refractivity contribution in [3.05, 3.63) is 50.8 Å². The van der Waals surface area contributed by atoms with Crippen LogP contribution >= 0.6 is 15.9 Å². The number of aromatic amines is 1. The van der Waals surface area contributed by atoms with Gasteiger partial charge in [-0.05, 0) is 43.0 Å². The zero-order chi connectivity index (χ0) is 19.1. The molecular weight excluding hydrogens is 412 g/mol. The molecule has 1 aromatic carbocycles. The molecule has 4 rings (SSSR count). The van der Waals surface area contributed by atoms with Crippen LogP contribution in [0.4, 0.5) is 5.69 Å². The number of amides is 1. The Morgan fingerprint density at radius 1 is 1.26 bits per heavy atom. The van der Waals surface area contributed by atoms with Gasteiger partial charge in [0.25, 0.3) is 5.91 Å². The minimum absolute atomic E-state index is 0.0396. The highest BCUT2D eigenvalue weighted by Gasteiger charge is 2.28. The summed E-state index contributed by atoms with van der Waals surface area (Å²) >= 11 is 3.39. The van der Waals surface area contributed by atoms with Gasteiger partial charge in [0.05, 0.1) is 11.3 Å². The first-order valence-corrected chi connectivity index (χ1v) is 9.55. The number of aromatic nitrogens is 1. The van der Waals surface area contributed by atoms with Crippen LogP contribution in [0.25, 0.3) is 11.6 Å². The Balaban J connectivity index is 1.82. The number of H-pyrrole nitrogens is 1. The molecule has 0 unspecified atom stereocenters. The number of ketones is 1. The average Bonchev–Trinajstić information content (AvgIpc) is 3.11. The number of fused-ring (bicyclic) bond motifs is 2. The fourth-order valence-electron chi connectivity index (χ4n) is 3.76. The summed E-state index contributed by atoms with van der Waals surface area (Å²) < 4.78 is 0.867. The number of carboxylic acids is 1. The van der Waals surface area contributed by atoms with Crippen LogP contribution in [0, 0.1) is 0 Å². The standard InChI is InChI=1S/C20H17BrN2O4/c21-10-4-5-11-13(20(27)23-15(11)8-10)9-16-12(6-7-18(25)26)19-14(22-16)2-1-3-17(19)24/h4-5,8-9,22H,1-3,6-7H2,(H,23,27)(H,25,26)/b13-9-. The number of aliphatic carboxylic acids is 1. The van der Waals surface area contributed by atoms with Gasteiger partial charge in [0.1, 0.15) is 0 Å². The molecule has 0 saturated heterocycles. The molecule has 1 aliphatic carbocycles. The second-order valence-electron chi connectivity index (χ2n) is 6.74. The van der Waals surface area contributed by atoms with Gasteiger partial charge < -0.3 is 15.4 Å². The highest BCUT2D eigenvalue weighted by atomic mass is 79.9. The number of benzene rings is 1. The summed E-state index contributed by atoms with van der Waals surface area (Å²) in [5.41, 5.74) is 4.81. The molecule has 2 aromatic rings. The molecule has 2 aliphatic rings. The number of aryl methyl sites for hydroxylation is 1. The third-order valence-corrected chi connectivity index (χ3v) is 5.46. The molecule has 27 heavy (non-hydrogen) atoms. The number of carbonyl (C=O) groups excluding carboxylic acids is 2. The lowest BCUT2D eigenvalue weighted by atomic mass is 9.91. The molecule has 2 heterocycles. The van der Waals surface area contributed by atoms with E-state index in [4.69, 9.17) is 5.11 Å². The number of anilines is 1. The van der Waals surface area contributed by atoms with Crippen LogP contribution in [0.3, 0.4) is 0 Å². The second-order valence-corrected chi connectivity index (χ2v) is 7.66. The maximum atomic E-state index is 12.5. The van der Waals surface area contributed by atoms with Crippen molar-refractivity contribution in [1.29, 1.82) is 0 Å². The van der Waals surface area contributed by atoms with E-state index in [0.29, 0.717) is 28.8 Å². The Labute approximate surface area is 163 Å². The zero-order valence-electron chi connectivity index (χ0n) is 14.4. The lowest BCUT2D eigenvalue weighted by Crippen LogP contribution is -2.11. The summed E-state index contributed by atoms with van der Waals surface area (Å²) in [6.45, 7) is 0. The van der Waals surface area contributed by atoms with Crippen molar-refractivity contribution >= 4 is 50.9 Å². The van der Waals surface area contributed by atoms with Gasteiger partial charge in [-0.25, -0.2) is 0 Å². The first-order chi connectivity index (χ1) is 12.9. The van der Waals surface area contributed by atoms with E-state index in [1.165, 1.54) is 0 Å². The molecule has 0 saturated carbocycles. The molecule has 0 spiro atoms. The SMILES string of the molecule is O=C(O)CCc1c(/C=C2\C(=O)Nc3cc(Br)ccc32)[nH]c2c1C(=O)CCC2. The first kappa shape index (κ1) is 17.7. The first-order valence-electron chi connectivity index (χ1n) is 8.75. The third kappa shape index (κ3) is 3.23. The number of hydrogen-bond acceptors (Lipinski definition) is 3. The minimum Gasteiger partial charge on any atom is -0.481 e. The fourth-order valence-corrected chi connectivity index (χ4v) is 4.12. The third-order valence-electron chi connectivity index (χ3n) is 4.97. The van der Waals surface area contributed by atoms with E-state index < -0.39 is 5.97 Å². The summed E-state index contributed by atoms with van der Waals surface area (Å²) in [7, 11) is 0. The largest absolute Gasteiger partial charge is 0.481 e. The van der Waals surface area contributed by atoms with Gasteiger partial charge in [0.2, 0.25) is 0 Å². The van der Waals surface area contributed by atoms with Crippen LogP contribution in [0.1, 0.15) is 52.1 Å². The van der Waals surface area contributed by atoms with E-state index in [9.17, 15) is 14.4 Å². The topological polar surface area (TPSA) is 99.3 Å². The van der Waals surface area contributed by atoms with Crippen LogP contribution < -0.4 is 5.32 Å². The van der Waals surface area contributed by atoms with Crippen molar-refractivity contribution in [2.75, 3.05) is 5.32 Å². The Hall–Kier alpha value is -2.67. The molecule has 6 nitrogen and oxygen atoms in total. The summed E-state index contributed by atoms with van der Waals surface area (Å²) in [5.74, 6) is -1.09. The van der Waals surface area contributed by atoms with Crippen molar-refractivity contribution in [3.63, 3.8) is 0 Å². The quantitative estimate of drug-likeness (QED) is 0.644. The van der Waals surface area contributed by atoms with Crippen molar-refractivity contribution in [2.24, 2.45) is 0 Å². The Morgan fingerprint density at radius 2 is 2.07 bits per heavy atom. The van der Waals surface area contributed by atoms with Crippen molar-refractivity contribution in [2.45, 2.75) is 32.1 Å². The second kappa shape index (κ2) is 6.81. The molecule has 0 atom stereocenters. The van der Waals surface area contributed by atoms with E-state index in [1.54, 1.807) is 6.08 Å². The molecule has 3 N–H and O–H groups in total. The lowest BCUT2D eigenvalue weighted by molar-refractivity contribution is -0.137. The van der Waals surface area contributed by atoms with Crippen LogP contribution in [0.2, 0.25) is 0 Å². The van der Waals surface area contributed by atoms with Crippen molar-refractivity contribution in [3.8, 4) is 0 Å².